The van der Waals surface area contributed by atoms with E-state index in [2.05, 4.69) is 0 Å². The molecule has 0 aliphatic carbocycles. The Bertz CT molecular complexity index is 606. The molecule has 0 aliphatic heterocycles. The zero-order valence-corrected chi connectivity index (χ0v) is 11.3. The molecule has 0 aromatic rings. The van der Waals surface area contributed by atoms with Crippen LogP contribution in [0, 0.1) is 0 Å². The van der Waals surface area contributed by atoms with Crippen molar-refractivity contribution in [3.05, 3.63) is 0 Å². The fourth-order valence-electron chi connectivity index (χ4n) is 0.773. The van der Waals surface area contributed by atoms with E-state index in [1.165, 1.54) is 10.6 Å². The van der Waals surface area contributed by atoms with Gasteiger partial charge in [0.2, 0.25) is 11.8 Å². The van der Waals surface area contributed by atoms with Crippen molar-refractivity contribution in [3.8, 4) is 0 Å². The summed E-state index contributed by atoms with van der Waals surface area (Å²) >= 11 is 0. The van der Waals surface area contributed by atoms with Crippen LogP contribution in [0.25, 0.3) is 0 Å². The Kier molecular flexibility index (Phi) is 6.17. The number of rotatable bonds is 4. The van der Waals surface area contributed by atoms with Crippen LogP contribution in [0.15, 0.2) is 0 Å². The second-order valence-corrected chi connectivity index (χ2v) is 5.39. The molecule has 0 aromatic carbocycles. The molecule has 0 atom stereocenters. The standard InChI is InChI=1S/C5H8N4O10S2/c10-2(6-4(12)8-20(14,15)16)1-3(11)7-5(13)9-21(17,18)19/h1H2,(H,14,15,16)(H,17,18,19)(H2,6,8,10,12)(H2,7,9,11,13). The predicted octanol–water partition coefficient (Wildman–Crippen LogP) is -3.37. The van der Waals surface area contributed by atoms with Gasteiger partial charge in [-0.15, -0.1) is 0 Å². The molecule has 0 aromatic heterocycles. The van der Waals surface area contributed by atoms with E-state index in [-0.39, 0.29) is 0 Å². The van der Waals surface area contributed by atoms with E-state index in [1.807, 2.05) is 0 Å². The van der Waals surface area contributed by atoms with Crippen molar-refractivity contribution in [2.24, 2.45) is 0 Å². The summed E-state index contributed by atoms with van der Waals surface area (Å²) in [5, 5.41) is 2.60. The minimum absolute atomic E-state index is 0.929. The van der Waals surface area contributed by atoms with Gasteiger partial charge in [-0.05, 0) is 0 Å². The minimum atomic E-state index is -4.91. The summed E-state index contributed by atoms with van der Waals surface area (Å²) in [6, 6.07) is -3.34. The summed E-state index contributed by atoms with van der Waals surface area (Å²) in [7, 11) is -9.82. The third-order valence-electron chi connectivity index (χ3n) is 1.27. The number of carbonyl (C=O) groups excluding carboxylic acids is 4. The van der Waals surface area contributed by atoms with Crippen molar-refractivity contribution in [2.75, 3.05) is 0 Å². The van der Waals surface area contributed by atoms with Crippen LogP contribution in [-0.2, 0) is 30.2 Å². The molecule has 0 spiro atoms. The molecule has 120 valence electrons. The fraction of sp³-hybridized carbons (Fsp3) is 0.200. The zero-order valence-electron chi connectivity index (χ0n) is 9.68. The van der Waals surface area contributed by atoms with Gasteiger partial charge in [0, 0.05) is 0 Å². The molecule has 0 heterocycles. The first-order valence-corrected chi connectivity index (χ1v) is 7.34. The van der Waals surface area contributed by atoms with Crippen LogP contribution in [0.2, 0.25) is 0 Å². The molecule has 0 saturated carbocycles. The van der Waals surface area contributed by atoms with Gasteiger partial charge in [0.05, 0.1) is 0 Å². The molecular weight excluding hydrogens is 340 g/mol. The van der Waals surface area contributed by atoms with Crippen LogP contribution < -0.4 is 20.1 Å². The maximum atomic E-state index is 11.0. The highest BCUT2D eigenvalue weighted by Gasteiger charge is 2.18. The summed E-state index contributed by atoms with van der Waals surface area (Å²) in [6.07, 6.45) is -1.17. The largest absolute Gasteiger partial charge is 0.361 e. The highest BCUT2D eigenvalue weighted by atomic mass is 32.2. The predicted molar refractivity (Wildman–Crippen MR) is 61.1 cm³/mol. The Morgan fingerprint density at radius 2 is 1.00 bits per heavy atom. The van der Waals surface area contributed by atoms with E-state index in [1.54, 1.807) is 0 Å². The lowest BCUT2D eigenvalue weighted by molar-refractivity contribution is -0.127. The highest BCUT2D eigenvalue weighted by molar-refractivity contribution is 7.84. The Morgan fingerprint density at radius 3 is 1.24 bits per heavy atom. The number of urea groups is 2. The summed E-state index contributed by atoms with van der Waals surface area (Å²) < 4.78 is 59.0. The fourth-order valence-corrected chi connectivity index (χ4v) is 1.34. The van der Waals surface area contributed by atoms with Crippen LogP contribution in [0.1, 0.15) is 6.42 Å². The molecule has 0 saturated heterocycles. The lowest BCUT2D eigenvalue weighted by Crippen LogP contribution is -2.46. The van der Waals surface area contributed by atoms with Crippen LogP contribution in [0.3, 0.4) is 0 Å². The zero-order chi connectivity index (χ0) is 16.8. The van der Waals surface area contributed by atoms with E-state index in [9.17, 15) is 36.0 Å². The molecule has 0 unspecified atom stereocenters. The third kappa shape index (κ3) is 11.2. The Labute approximate surface area is 117 Å². The number of imide groups is 2. The molecule has 0 rings (SSSR count). The van der Waals surface area contributed by atoms with Gasteiger partial charge in [0.15, 0.2) is 0 Å². The molecule has 14 nitrogen and oxygen atoms in total. The lowest BCUT2D eigenvalue weighted by atomic mass is 10.4. The first-order valence-electron chi connectivity index (χ1n) is 4.46. The third-order valence-corrected chi connectivity index (χ3v) is 2.16. The summed E-state index contributed by atoms with van der Waals surface area (Å²) in [5.41, 5.74) is 0. The number of carbonyl (C=O) groups is 4. The lowest BCUT2D eigenvalue weighted by Gasteiger charge is -2.05. The van der Waals surface area contributed by atoms with Crippen LogP contribution in [0.4, 0.5) is 9.59 Å². The van der Waals surface area contributed by atoms with Gasteiger partial charge in [-0.3, -0.25) is 29.3 Å². The average molecular weight is 348 g/mol. The van der Waals surface area contributed by atoms with Crippen molar-refractivity contribution in [1.82, 2.24) is 20.1 Å². The van der Waals surface area contributed by atoms with Crippen LogP contribution in [0.5, 0.6) is 0 Å². The van der Waals surface area contributed by atoms with Gasteiger partial charge in [0.1, 0.15) is 6.42 Å². The topological polar surface area (TPSA) is 225 Å². The highest BCUT2D eigenvalue weighted by Crippen LogP contribution is 1.83. The van der Waals surface area contributed by atoms with Crippen LogP contribution >= 0.6 is 0 Å². The van der Waals surface area contributed by atoms with Gasteiger partial charge >= 0.3 is 32.7 Å². The monoisotopic (exact) mass is 348 g/mol. The summed E-state index contributed by atoms with van der Waals surface area (Å²) in [4.78, 5) is 43.5. The van der Waals surface area contributed by atoms with E-state index in [0.29, 0.717) is 0 Å². The summed E-state index contributed by atoms with van der Waals surface area (Å²) in [5.74, 6) is -2.76. The van der Waals surface area contributed by atoms with Gasteiger partial charge in [-0.25, -0.2) is 19.0 Å². The Balaban J connectivity index is 4.31. The molecule has 0 aliphatic rings. The normalized spacial score (nSPS) is 11.1. The van der Waals surface area contributed by atoms with Gasteiger partial charge in [0.25, 0.3) is 0 Å². The first-order chi connectivity index (χ1) is 9.28. The minimum Gasteiger partial charge on any atom is -0.277 e. The molecule has 16 heteroatoms. The number of nitrogens with one attached hydrogen (secondary N) is 4. The maximum Gasteiger partial charge on any atom is 0.361 e. The Morgan fingerprint density at radius 1 is 0.714 bits per heavy atom. The SMILES string of the molecule is O=C(CC(=O)NC(=O)NS(=O)(=O)O)NC(=O)NS(=O)(=O)O. The number of hydrogen-bond acceptors (Lipinski definition) is 8. The van der Waals surface area contributed by atoms with Crippen LogP contribution in [-0.4, -0.2) is 49.8 Å². The molecule has 0 fully saturated rings. The van der Waals surface area contributed by atoms with Gasteiger partial charge in [-0.1, -0.05) is 0 Å². The molecule has 6 N–H and O–H groups in total. The molecular formula is C5H8N4O10S2. The maximum absolute atomic E-state index is 11.0. The van der Waals surface area contributed by atoms with E-state index in [4.69, 9.17) is 9.11 Å². The molecule has 0 bridgehead atoms. The second-order valence-electron chi connectivity index (χ2n) is 3.09. The average Bonchev–Trinajstić information content (AvgIpc) is 2.07. The molecule has 0 radical (unpaired) electrons. The quantitative estimate of drug-likeness (QED) is 0.218. The number of amides is 6. The van der Waals surface area contributed by atoms with E-state index in [0.717, 1.165) is 9.44 Å². The molecule has 21 heavy (non-hydrogen) atoms. The van der Waals surface area contributed by atoms with Crippen molar-refractivity contribution in [2.45, 2.75) is 6.42 Å². The van der Waals surface area contributed by atoms with Gasteiger partial charge in [-0.2, -0.15) is 16.8 Å². The van der Waals surface area contributed by atoms with E-state index >= 15 is 0 Å². The number of hydrogen-bond donors (Lipinski definition) is 6. The van der Waals surface area contributed by atoms with Gasteiger partial charge < -0.3 is 0 Å². The van der Waals surface area contributed by atoms with Crippen molar-refractivity contribution >= 4 is 44.5 Å². The van der Waals surface area contributed by atoms with Crippen molar-refractivity contribution in [3.63, 3.8) is 0 Å². The second kappa shape index (κ2) is 6.92. The summed E-state index contributed by atoms with van der Waals surface area (Å²) in [6.45, 7) is 0. The molecule has 6 amide bonds. The smallest absolute Gasteiger partial charge is 0.277 e. The van der Waals surface area contributed by atoms with Crippen molar-refractivity contribution < 1.29 is 45.1 Å². The van der Waals surface area contributed by atoms with E-state index < -0.39 is 50.9 Å². The first kappa shape index (κ1) is 18.7. The van der Waals surface area contributed by atoms with Crippen molar-refractivity contribution in [1.29, 1.82) is 0 Å². The Hall–Kier alpha value is -2.30.